The molecule has 3 N–H and O–H groups in total. The second-order valence-electron chi connectivity index (χ2n) is 17.2. The zero-order chi connectivity index (χ0) is 44.7. The van der Waals surface area contributed by atoms with Gasteiger partial charge in [0.1, 0.15) is 23.8 Å². The highest BCUT2D eigenvalue weighted by Gasteiger charge is 2.33. The van der Waals surface area contributed by atoms with Crippen LogP contribution in [0, 0.1) is 15.5 Å². The number of fused-ring (bicyclic) bond motifs is 2. The predicted molar refractivity (Wildman–Crippen MR) is 245 cm³/mol. The number of carbonyl (C=O) groups excluding carboxylic acids is 1. The van der Waals surface area contributed by atoms with Gasteiger partial charge in [0, 0.05) is 95.5 Å². The molecule has 2 aliphatic heterocycles. The number of hydrogen-bond donors (Lipinski definition) is 3. The fraction of sp³-hybridized carbons (Fsp3) is 0.364. The lowest BCUT2D eigenvalue weighted by atomic mass is 9.72. The number of anilines is 2. The third kappa shape index (κ3) is 10.2. The normalized spacial score (nSPS) is 18.0. The molecule has 0 spiro atoms. The second-order valence-corrected chi connectivity index (χ2v) is 22.0. The molecule has 16 nitrogen and oxygen atoms in total. The van der Waals surface area contributed by atoms with Gasteiger partial charge in [-0.2, -0.15) is 0 Å². The van der Waals surface area contributed by atoms with Crippen LogP contribution in [0.25, 0.3) is 16.6 Å². The molecule has 0 saturated carbocycles. The lowest BCUT2D eigenvalue weighted by Gasteiger charge is -2.39. The Hall–Kier alpha value is -5.69. The maximum Gasteiger partial charge on any atom is 0.297 e. The molecule has 1 atom stereocenters. The summed E-state index contributed by atoms with van der Waals surface area (Å²) in [4.78, 5) is 37.0. The maximum atomic E-state index is 14.0. The van der Waals surface area contributed by atoms with E-state index in [9.17, 15) is 27.5 Å². The van der Waals surface area contributed by atoms with Gasteiger partial charge in [0.05, 0.1) is 34.2 Å². The number of hydrogen-bond acceptors (Lipinski definition) is 13. The summed E-state index contributed by atoms with van der Waals surface area (Å²) in [6, 6.07) is 18.1. The molecule has 63 heavy (non-hydrogen) atoms. The zero-order valence-electron chi connectivity index (χ0n) is 35.4. The average Bonchev–Trinajstić information content (AvgIpc) is 3.71. The molecule has 8 rings (SSSR count). The Balaban J connectivity index is 1.03. The number of carbonyl (C=O) groups is 1. The average molecular weight is 918 g/mol. The van der Waals surface area contributed by atoms with Crippen molar-refractivity contribution in [2.24, 2.45) is 9.78 Å². The number of nitro benzene ring substituents is 1. The molecule has 3 aliphatic rings. The highest BCUT2D eigenvalue weighted by Crippen LogP contribution is 2.44. The number of amides is 1. The van der Waals surface area contributed by atoms with Gasteiger partial charge < -0.3 is 24.7 Å². The number of aromatic nitrogens is 2. The number of nitro groups is 1. The predicted octanol–water partition coefficient (Wildman–Crippen LogP) is 7.72. The van der Waals surface area contributed by atoms with Gasteiger partial charge in [-0.1, -0.05) is 43.2 Å². The van der Waals surface area contributed by atoms with Gasteiger partial charge in [-0.3, -0.25) is 24.0 Å². The van der Waals surface area contributed by atoms with E-state index in [4.69, 9.17) is 21.1 Å². The van der Waals surface area contributed by atoms with Crippen molar-refractivity contribution in [1.29, 1.82) is 0 Å². The topological polar surface area (TPSA) is 201 Å². The number of piperazine rings is 1. The van der Waals surface area contributed by atoms with Crippen molar-refractivity contribution in [3.63, 3.8) is 0 Å². The number of pyridine rings is 1. The molecule has 5 aromatic rings. The SMILES string of the molecule is CC1(C)CCC(CN2CCN(c3ccc(C(=O)NS(=O)(=O)c4cc5c(c([N+](=O)[O-])c4)N[C@H](CN=S(C)(C)=O)CO5)c(Oc4cnc5[nH]ccc5c4)c3)CC2)=C(c2ccc(Cl)cc2)C1. The third-order valence-electron chi connectivity index (χ3n) is 11.5. The van der Waals surface area contributed by atoms with E-state index in [0.717, 1.165) is 67.1 Å². The van der Waals surface area contributed by atoms with Crippen LogP contribution in [-0.4, -0.2) is 103 Å². The molecule has 4 heterocycles. The van der Waals surface area contributed by atoms with Crippen molar-refractivity contribution in [3.8, 4) is 17.2 Å². The van der Waals surface area contributed by atoms with E-state index < -0.39 is 47.2 Å². The van der Waals surface area contributed by atoms with Gasteiger partial charge >= 0.3 is 0 Å². The van der Waals surface area contributed by atoms with E-state index in [1.54, 1.807) is 24.4 Å². The number of nitrogens with one attached hydrogen (secondary N) is 3. The highest BCUT2D eigenvalue weighted by molar-refractivity contribution is 7.92. The number of ether oxygens (including phenoxy) is 2. The molecule has 1 saturated heterocycles. The summed E-state index contributed by atoms with van der Waals surface area (Å²) in [5.41, 5.74) is 4.98. The van der Waals surface area contributed by atoms with E-state index in [0.29, 0.717) is 24.5 Å². The van der Waals surface area contributed by atoms with E-state index in [1.165, 1.54) is 41.5 Å². The Morgan fingerprint density at radius 2 is 1.83 bits per heavy atom. The van der Waals surface area contributed by atoms with Crippen molar-refractivity contribution in [3.05, 3.63) is 111 Å². The molecule has 1 fully saturated rings. The first-order chi connectivity index (χ1) is 29.9. The van der Waals surface area contributed by atoms with Crippen LogP contribution in [0.1, 0.15) is 49.0 Å². The minimum atomic E-state index is -4.70. The largest absolute Gasteiger partial charge is 0.489 e. The maximum absolute atomic E-state index is 14.0. The van der Waals surface area contributed by atoms with Crippen LogP contribution >= 0.6 is 11.6 Å². The first-order valence-electron chi connectivity index (χ1n) is 20.5. The third-order valence-corrected chi connectivity index (χ3v) is 13.9. The summed E-state index contributed by atoms with van der Waals surface area (Å²) in [7, 11) is -7.14. The molecule has 0 radical (unpaired) electrons. The fourth-order valence-electron chi connectivity index (χ4n) is 8.15. The van der Waals surface area contributed by atoms with E-state index in [-0.39, 0.29) is 41.3 Å². The van der Waals surface area contributed by atoms with Crippen LogP contribution in [0.15, 0.2) is 94.0 Å². The van der Waals surface area contributed by atoms with Crippen molar-refractivity contribution in [2.45, 2.75) is 44.0 Å². The Kier molecular flexibility index (Phi) is 12.2. The van der Waals surface area contributed by atoms with Gasteiger partial charge in [0.15, 0.2) is 11.4 Å². The Bertz CT molecular complexity index is 2860. The summed E-state index contributed by atoms with van der Waals surface area (Å²) in [6.45, 7) is 8.54. The minimum absolute atomic E-state index is 0.0215. The van der Waals surface area contributed by atoms with Crippen LogP contribution in [-0.2, 0) is 19.8 Å². The molecule has 0 unspecified atom stereocenters. The second kappa shape index (κ2) is 17.5. The van der Waals surface area contributed by atoms with E-state index >= 15 is 0 Å². The number of rotatable bonds is 12. The van der Waals surface area contributed by atoms with Gasteiger partial charge in [-0.15, -0.1) is 0 Å². The smallest absolute Gasteiger partial charge is 0.297 e. The van der Waals surface area contributed by atoms with Crippen LogP contribution in [0.2, 0.25) is 5.02 Å². The molecule has 332 valence electrons. The number of sulfonamides is 1. The first kappa shape index (κ1) is 43.9. The summed E-state index contributed by atoms with van der Waals surface area (Å²) in [5.74, 6) is -0.695. The minimum Gasteiger partial charge on any atom is -0.489 e. The number of halogens is 1. The molecule has 1 aliphatic carbocycles. The summed E-state index contributed by atoms with van der Waals surface area (Å²) in [5, 5.41) is 16.6. The summed E-state index contributed by atoms with van der Waals surface area (Å²) < 4.78 is 58.0. The number of benzene rings is 3. The number of H-pyrrole nitrogens is 1. The van der Waals surface area contributed by atoms with Crippen LogP contribution < -0.4 is 24.4 Å². The molecule has 0 bridgehead atoms. The Morgan fingerprint density at radius 3 is 2.56 bits per heavy atom. The van der Waals surface area contributed by atoms with Crippen molar-refractivity contribution >= 4 is 70.9 Å². The Labute approximate surface area is 371 Å². The molecular formula is C44H49ClN8O8S2. The van der Waals surface area contributed by atoms with Gasteiger partial charge in [0.25, 0.3) is 21.6 Å². The van der Waals surface area contributed by atoms with Crippen LogP contribution in [0.4, 0.5) is 17.1 Å². The van der Waals surface area contributed by atoms with Gasteiger partial charge in [0.2, 0.25) is 0 Å². The number of aromatic amines is 1. The molecular weight excluding hydrogens is 868 g/mol. The molecule has 2 aromatic heterocycles. The highest BCUT2D eigenvalue weighted by atomic mass is 35.5. The van der Waals surface area contributed by atoms with E-state index in [2.05, 4.69) is 60.1 Å². The van der Waals surface area contributed by atoms with Crippen LogP contribution in [0.3, 0.4) is 0 Å². The summed E-state index contributed by atoms with van der Waals surface area (Å²) in [6.07, 6.45) is 9.34. The van der Waals surface area contributed by atoms with Crippen molar-refractivity contribution in [2.75, 3.05) is 68.6 Å². The standard InChI is InChI=1S/C44H49ClN8O8S2/c1-44(2)13-11-30(37(23-44)28-5-7-31(45)8-6-28)26-51-15-17-52(18-16-51)33-9-10-36(39(20-33)61-34-19-29-12-14-46-42(29)47-25-34)43(54)50-63(58,59)35-21-38(53(55)56)41-40(22-35)60-27-32(49-41)24-48-62(3,4)57/h5-10,12,14,19-22,25,32,49H,11,13,15-18,23-24,26-27H2,1-4H3,(H,46,47)(H,50,54)/t32-/m1/s1. The van der Waals surface area contributed by atoms with E-state index in [1.807, 2.05) is 18.2 Å². The van der Waals surface area contributed by atoms with Gasteiger partial charge in [-0.25, -0.2) is 22.5 Å². The fourth-order valence-corrected chi connectivity index (χ4v) is 9.82. The van der Waals surface area contributed by atoms with Crippen molar-refractivity contribution in [1.82, 2.24) is 19.6 Å². The van der Waals surface area contributed by atoms with Gasteiger partial charge in [-0.05, 0) is 72.2 Å². The Morgan fingerprint density at radius 1 is 1.06 bits per heavy atom. The molecule has 19 heteroatoms. The summed E-state index contributed by atoms with van der Waals surface area (Å²) >= 11 is 6.24. The quantitative estimate of drug-likeness (QED) is 0.0814. The first-order valence-corrected chi connectivity index (χ1v) is 24.7. The van der Waals surface area contributed by atoms with Crippen LogP contribution in [0.5, 0.6) is 17.2 Å². The lowest BCUT2D eigenvalue weighted by molar-refractivity contribution is -0.384. The monoisotopic (exact) mass is 916 g/mol. The lowest BCUT2D eigenvalue weighted by Crippen LogP contribution is -2.47. The molecule has 3 aromatic carbocycles. The van der Waals surface area contributed by atoms with Crippen molar-refractivity contribution < 1.29 is 31.8 Å². The number of nitrogens with zero attached hydrogens (tertiary/aromatic N) is 5. The molecule has 1 amide bonds. The zero-order valence-corrected chi connectivity index (χ0v) is 37.7. The number of allylic oxidation sites excluding steroid dienone is 1.